The molecular weight excluding hydrogens is 538 g/mol. The van der Waals surface area contributed by atoms with Gasteiger partial charge in [0.25, 0.3) is 0 Å². The van der Waals surface area contributed by atoms with Crippen molar-refractivity contribution < 1.29 is 24.2 Å². The van der Waals surface area contributed by atoms with Gasteiger partial charge in [0.15, 0.2) is 0 Å². The molecule has 3 rings (SSSR count). The molecule has 194 valence electrons. The van der Waals surface area contributed by atoms with Crippen molar-refractivity contribution >= 4 is 51.0 Å². The summed E-state index contributed by atoms with van der Waals surface area (Å²) in [6.45, 7) is 5.89. The highest BCUT2D eigenvalue weighted by Crippen LogP contribution is 2.31. The van der Waals surface area contributed by atoms with Crippen molar-refractivity contribution in [1.82, 2.24) is 5.32 Å². The lowest BCUT2D eigenvalue weighted by Gasteiger charge is -2.25. The van der Waals surface area contributed by atoms with Crippen molar-refractivity contribution in [3.8, 4) is 0 Å². The van der Waals surface area contributed by atoms with Crippen LogP contribution in [0.15, 0.2) is 77.3 Å². The number of benzene rings is 3. The number of nitrogens with one attached hydrogen (secondary N) is 2. The molecule has 0 aliphatic heterocycles. The molecule has 0 spiro atoms. The van der Waals surface area contributed by atoms with E-state index < -0.39 is 30.0 Å². The first-order chi connectivity index (χ1) is 17.5. The predicted octanol–water partition coefficient (Wildman–Crippen LogP) is 6.23. The van der Waals surface area contributed by atoms with Gasteiger partial charge in [-0.2, -0.15) is 0 Å². The molecule has 0 fully saturated rings. The van der Waals surface area contributed by atoms with E-state index in [-0.39, 0.29) is 13.1 Å². The van der Waals surface area contributed by atoms with Crippen molar-refractivity contribution in [3.05, 3.63) is 88.4 Å². The Morgan fingerprint density at radius 2 is 1.65 bits per heavy atom. The second-order valence-corrected chi connectivity index (χ2v) is 10.3. The number of amides is 2. The number of nitrogens with zero attached hydrogens (tertiary/aromatic N) is 1. The summed E-state index contributed by atoms with van der Waals surface area (Å²) in [5.74, 6) is -1.72. The lowest BCUT2D eigenvalue weighted by Crippen LogP contribution is -2.32. The molecule has 0 saturated carbocycles. The Labute approximate surface area is 224 Å². The van der Waals surface area contributed by atoms with Crippen molar-refractivity contribution in [2.24, 2.45) is 0 Å². The zero-order valence-electron chi connectivity index (χ0n) is 21.0. The van der Waals surface area contributed by atoms with Crippen LogP contribution < -0.4 is 15.5 Å². The van der Waals surface area contributed by atoms with Crippen LogP contribution in [0.1, 0.15) is 38.3 Å². The Morgan fingerprint density at radius 3 is 2.32 bits per heavy atom. The summed E-state index contributed by atoms with van der Waals surface area (Å²) < 4.78 is 6.19. The zero-order chi connectivity index (χ0) is 27.0. The summed E-state index contributed by atoms with van der Waals surface area (Å²) in [5.41, 5.74) is 3.04. The molecular formula is C28H30BrN3O5. The Balaban J connectivity index is 1.83. The molecule has 0 unspecified atom stereocenters. The number of carbonyl (C=O) groups excluding carboxylic acids is 2. The van der Waals surface area contributed by atoms with Gasteiger partial charge in [-0.1, -0.05) is 52.3 Å². The standard InChI is InChI=1S/C28H30BrN3O5/c1-28(2,3)37-27(36)30-17-20-7-6-8-22(15-20)31-23-9-4-5-10-24(23)32(25(33)16-26(34)35)18-19-11-13-21(29)14-12-19/h4-15,31H,16-18H2,1-3H3,(H,30,36)(H,34,35). The molecule has 0 radical (unpaired) electrons. The number of carboxylic acids is 1. The number of ether oxygens (including phenoxy) is 1. The van der Waals surface area contributed by atoms with E-state index >= 15 is 0 Å². The molecule has 3 aromatic rings. The Kier molecular flexibility index (Phi) is 9.30. The van der Waals surface area contributed by atoms with Gasteiger partial charge in [0, 0.05) is 16.7 Å². The number of hydrogen-bond acceptors (Lipinski definition) is 5. The number of anilines is 3. The van der Waals surface area contributed by atoms with E-state index in [4.69, 9.17) is 4.74 Å². The smallest absolute Gasteiger partial charge is 0.407 e. The second-order valence-electron chi connectivity index (χ2n) is 9.37. The van der Waals surface area contributed by atoms with E-state index in [0.717, 1.165) is 21.3 Å². The molecule has 0 atom stereocenters. The van der Waals surface area contributed by atoms with Crippen LogP contribution in [0.4, 0.5) is 21.9 Å². The van der Waals surface area contributed by atoms with Crippen LogP contribution in [0, 0.1) is 0 Å². The molecule has 37 heavy (non-hydrogen) atoms. The van der Waals surface area contributed by atoms with Crippen LogP contribution in [0.3, 0.4) is 0 Å². The third-order valence-corrected chi connectivity index (χ3v) is 5.62. The molecule has 2 amide bonds. The Hall–Kier alpha value is -3.85. The van der Waals surface area contributed by atoms with E-state index in [1.54, 1.807) is 32.9 Å². The molecule has 3 N–H and O–H groups in total. The van der Waals surface area contributed by atoms with Crippen LogP contribution >= 0.6 is 15.9 Å². The van der Waals surface area contributed by atoms with E-state index in [9.17, 15) is 19.5 Å². The van der Waals surface area contributed by atoms with Gasteiger partial charge in [-0.25, -0.2) is 4.79 Å². The largest absolute Gasteiger partial charge is 0.481 e. The third kappa shape index (κ3) is 8.95. The fraction of sp³-hybridized carbons (Fsp3) is 0.250. The van der Waals surface area contributed by atoms with Gasteiger partial charge in [-0.05, 0) is 68.3 Å². The Morgan fingerprint density at radius 1 is 0.946 bits per heavy atom. The zero-order valence-corrected chi connectivity index (χ0v) is 22.5. The normalized spacial score (nSPS) is 10.9. The number of carboxylic acid groups (broad SMARTS) is 1. The maximum absolute atomic E-state index is 13.0. The summed E-state index contributed by atoms with van der Waals surface area (Å²) in [6.07, 6.45) is -1.13. The van der Waals surface area contributed by atoms with Gasteiger partial charge in [0.2, 0.25) is 5.91 Å². The van der Waals surface area contributed by atoms with Crippen molar-refractivity contribution in [3.63, 3.8) is 0 Å². The fourth-order valence-corrected chi connectivity index (χ4v) is 3.79. The average Bonchev–Trinajstić information content (AvgIpc) is 2.82. The van der Waals surface area contributed by atoms with Gasteiger partial charge in [0.05, 0.1) is 17.9 Å². The first kappa shape index (κ1) is 27.7. The minimum Gasteiger partial charge on any atom is -0.481 e. The number of para-hydroxylation sites is 2. The minimum atomic E-state index is -1.19. The molecule has 0 aliphatic carbocycles. The van der Waals surface area contributed by atoms with Crippen LogP contribution in [0.5, 0.6) is 0 Å². The van der Waals surface area contributed by atoms with E-state index in [2.05, 4.69) is 26.6 Å². The quantitative estimate of drug-likeness (QED) is 0.265. The number of hydrogen-bond donors (Lipinski definition) is 3. The molecule has 0 bridgehead atoms. The number of aliphatic carboxylic acids is 1. The van der Waals surface area contributed by atoms with Crippen LogP contribution in [0.2, 0.25) is 0 Å². The molecule has 3 aromatic carbocycles. The summed E-state index contributed by atoms with van der Waals surface area (Å²) in [5, 5.41) is 15.3. The molecule has 0 aliphatic rings. The van der Waals surface area contributed by atoms with Gasteiger partial charge < -0.3 is 25.4 Å². The van der Waals surface area contributed by atoms with Gasteiger partial charge >= 0.3 is 12.1 Å². The fourth-order valence-electron chi connectivity index (χ4n) is 3.52. The topological polar surface area (TPSA) is 108 Å². The monoisotopic (exact) mass is 567 g/mol. The van der Waals surface area contributed by atoms with Gasteiger partial charge in [0.1, 0.15) is 12.0 Å². The van der Waals surface area contributed by atoms with Gasteiger partial charge in [-0.15, -0.1) is 0 Å². The molecule has 0 saturated heterocycles. The summed E-state index contributed by atoms with van der Waals surface area (Å²) >= 11 is 3.41. The van der Waals surface area contributed by atoms with Crippen LogP contribution in [-0.2, 0) is 27.4 Å². The summed E-state index contributed by atoms with van der Waals surface area (Å²) in [4.78, 5) is 37.8. The SMILES string of the molecule is CC(C)(C)OC(=O)NCc1cccc(Nc2ccccc2N(Cc2ccc(Br)cc2)C(=O)CC(=O)O)c1. The van der Waals surface area contributed by atoms with Crippen molar-refractivity contribution in [1.29, 1.82) is 0 Å². The number of halogens is 1. The van der Waals surface area contributed by atoms with E-state index in [0.29, 0.717) is 11.4 Å². The number of rotatable bonds is 9. The highest BCUT2D eigenvalue weighted by molar-refractivity contribution is 9.10. The number of carbonyl (C=O) groups is 3. The molecule has 0 heterocycles. The van der Waals surface area contributed by atoms with Crippen LogP contribution in [-0.4, -0.2) is 28.7 Å². The van der Waals surface area contributed by atoms with Gasteiger partial charge in [-0.3, -0.25) is 9.59 Å². The Bertz CT molecular complexity index is 1260. The van der Waals surface area contributed by atoms with Crippen molar-refractivity contribution in [2.75, 3.05) is 10.2 Å². The first-order valence-electron chi connectivity index (χ1n) is 11.7. The average molecular weight is 568 g/mol. The lowest BCUT2D eigenvalue weighted by atomic mass is 10.1. The summed E-state index contributed by atoms with van der Waals surface area (Å²) in [6, 6.07) is 22.2. The van der Waals surface area contributed by atoms with E-state index in [1.165, 1.54) is 4.90 Å². The van der Waals surface area contributed by atoms with Crippen LogP contribution in [0.25, 0.3) is 0 Å². The number of alkyl carbamates (subject to hydrolysis) is 1. The van der Waals surface area contributed by atoms with Crippen molar-refractivity contribution in [2.45, 2.75) is 45.9 Å². The lowest BCUT2D eigenvalue weighted by molar-refractivity contribution is -0.140. The minimum absolute atomic E-state index is 0.206. The first-order valence-corrected chi connectivity index (χ1v) is 12.5. The van der Waals surface area contributed by atoms with E-state index in [1.807, 2.05) is 60.7 Å². The maximum Gasteiger partial charge on any atom is 0.407 e. The highest BCUT2D eigenvalue weighted by Gasteiger charge is 2.22. The highest BCUT2D eigenvalue weighted by atomic mass is 79.9. The molecule has 8 nitrogen and oxygen atoms in total. The predicted molar refractivity (Wildman–Crippen MR) is 147 cm³/mol. The third-order valence-electron chi connectivity index (χ3n) is 5.09. The molecule has 0 aromatic heterocycles. The summed E-state index contributed by atoms with van der Waals surface area (Å²) in [7, 11) is 0. The second kappa shape index (κ2) is 12.4. The molecule has 9 heteroatoms. The maximum atomic E-state index is 13.0.